The second-order valence-corrected chi connectivity index (χ2v) is 5.69. The Hall–Kier alpha value is -1.94. The van der Waals surface area contributed by atoms with Gasteiger partial charge >= 0.3 is 0 Å². The number of carbonyl (C=O) groups excluding carboxylic acids is 1. The van der Waals surface area contributed by atoms with Crippen molar-refractivity contribution in [2.75, 3.05) is 5.32 Å². The molecule has 2 aromatic heterocycles. The quantitative estimate of drug-likeness (QED) is 0.848. The maximum Gasteiger partial charge on any atom is 0.258 e. The van der Waals surface area contributed by atoms with Gasteiger partial charge in [-0.05, 0) is 43.2 Å². The van der Waals surface area contributed by atoms with Crippen molar-refractivity contribution < 1.29 is 4.79 Å². The monoisotopic (exact) mass is 270 g/mol. The smallest absolute Gasteiger partial charge is 0.258 e. The third-order valence-corrected chi connectivity index (χ3v) is 4.53. The van der Waals surface area contributed by atoms with Gasteiger partial charge in [-0.2, -0.15) is 0 Å². The molecule has 4 heteroatoms. The molecule has 19 heavy (non-hydrogen) atoms. The van der Waals surface area contributed by atoms with Crippen LogP contribution < -0.4 is 5.32 Å². The molecule has 0 saturated carbocycles. The minimum atomic E-state index is -0.0715. The van der Waals surface area contributed by atoms with E-state index in [2.05, 4.69) is 30.2 Å². The molecule has 96 valence electrons. The van der Waals surface area contributed by atoms with Crippen LogP contribution in [0.25, 0.3) is 11.6 Å². The van der Waals surface area contributed by atoms with Crippen LogP contribution in [0, 0.1) is 6.92 Å². The molecule has 0 unspecified atom stereocenters. The van der Waals surface area contributed by atoms with E-state index in [1.807, 2.05) is 18.2 Å². The second-order valence-electron chi connectivity index (χ2n) is 4.52. The highest BCUT2D eigenvalue weighted by atomic mass is 32.1. The Balaban J connectivity index is 2.06. The van der Waals surface area contributed by atoms with Crippen LogP contribution in [0.1, 0.15) is 27.9 Å². The zero-order chi connectivity index (χ0) is 13.4. The highest BCUT2D eigenvalue weighted by molar-refractivity contribution is 7.13. The number of nitrogens with one attached hydrogen (secondary N) is 1. The molecule has 3 rings (SSSR count). The highest BCUT2D eigenvalue weighted by Gasteiger charge is 2.25. The average molecular weight is 270 g/mol. The van der Waals surface area contributed by atoms with E-state index in [0.717, 1.165) is 22.7 Å². The number of aromatic nitrogens is 1. The Labute approximate surface area is 116 Å². The largest absolute Gasteiger partial charge is 0.320 e. The predicted octanol–water partition coefficient (Wildman–Crippen LogP) is 3.51. The van der Waals surface area contributed by atoms with Crippen LogP contribution in [0.2, 0.25) is 0 Å². The summed E-state index contributed by atoms with van der Waals surface area (Å²) >= 11 is 1.74. The number of anilines is 1. The average Bonchev–Trinajstić information content (AvgIpc) is 2.91. The molecule has 0 radical (unpaired) electrons. The van der Waals surface area contributed by atoms with Crippen molar-refractivity contribution in [2.24, 2.45) is 0 Å². The molecule has 0 aliphatic carbocycles. The minimum absolute atomic E-state index is 0.0715. The molecule has 1 N–H and O–H groups in total. The van der Waals surface area contributed by atoms with Crippen molar-refractivity contribution in [1.29, 1.82) is 0 Å². The van der Waals surface area contributed by atoms with Crippen LogP contribution >= 0.6 is 11.3 Å². The van der Waals surface area contributed by atoms with Crippen molar-refractivity contribution >= 4 is 34.6 Å². The third kappa shape index (κ3) is 2.08. The van der Waals surface area contributed by atoms with Gasteiger partial charge in [-0.15, -0.1) is 11.3 Å². The topological polar surface area (TPSA) is 42.0 Å². The third-order valence-electron chi connectivity index (χ3n) is 3.20. The fourth-order valence-electron chi connectivity index (χ4n) is 2.26. The first kappa shape index (κ1) is 12.1. The zero-order valence-corrected chi connectivity index (χ0v) is 11.7. The van der Waals surface area contributed by atoms with E-state index < -0.39 is 0 Å². The number of rotatable bonds is 2. The molecule has 0 bridgehead atoms. The van der Waals surface area contributed by atoms with Gasteiger partial charge in [0.25, 0.3) is 5.91 Å². The van der Waals surface area contributed by atoms with Crippen molar-refractivity contribution in [3.63, 3.8) is 0 Å². The van der Waals surface area contributed by atoms with E-state index in [0.29, 0.717) is 5.57 Å². The highest BCUT2D eigenvalue weighted by Crippen LogP contribution is 2.33. The van der Waals surface area contributed by atoms with Gasteiger partial charge in [0.2, 0.25) is 0 Å². The molecule has 0 atom stereocenters. The van der Waals surface area contributed by atoms with Gasteiger partial charge in [0.1, 0.15) is 0 Å². The van der Waals surface area contributed by atoms with Crippen LogP contribution in [-0.4, -0.2) is 10.9 Å². The Kier molecular flexibility index (Phi) is 2.95. The fourth-order valence-corrected chi connectivity index (χ4v) is 3.32. The minimum Gasteiger partial charge on any atom is -0.320 e. The number of nitrogens with zero attached hydrogens (tertiary/aromatic N) is 1. The molecule has 1 aliphatic heterocycles. The van der Waals surface area contributed by atoms with Gasteiger partial charge in [0.05, 0.1) is 17.0 Å². The van der Waals surface area contributed by atoms with Crippen molar-refractivity contribution in [3.05, 3.63) is 45.4 Å². The lowest BCUT2D eigenvalue weighted by atomic mass is 10.1. The van der Waals surface area contributed by atoms with Crippen molar-refractivity contribution in [2.45, 2.75) is 20.3 Å². The lowest BCUT2D eigenvalue weighted by Crippen LogP contribution is -2.03. The Morgan fingerprint density at radius 3 is 3.05 bits per heavy atom. The van der Waals surface area contributed by atoms with Crippen LogP contribution in [0.5, 0.6) is 0 Å². The van der Waals surface area contributed by atoms with E-state index >= 15 is 0 Å². The summed E-state index contributed by atoms with van der Waals surface area (Å²) in [5, 5.41) is 2.84. The SMILES string of the molecule is CCc1sc(C=C2C(=O)Nc3cccnc32)cc1C. The van der Waals surface area contributed by atoms with Crippen LogP contribution in [-0.2, 0) is 11.2 Å². The first-order chi connectivity index (χ1) is 9.19. The number of hydrogen-bond acceptors (Lipinski definition) is 3. The van der Waals surface area contributed by atoms with Crippen LogP contribution in [0.15, 0.2) is 24.4 Å². The Bertz CT molecular complexity index is 685. The lowest BCUT2D eigenvalue weighted by Gasteiger charge is -1.94. The van der Waals surface area contributed by atoms with E-state index in [4.69, 9.17) is 0 Å². The summed E-state index contributed by atoms with van der Waals surface area (Å²) < 4.78 is 0. The first-order valence-corrected chi connectivity index (χ1v) is 7.08. The van der Waals surface area contributed by atoms with Crippen molar-refractivity contribution in [1.82, 2.24) is 4.98 Å². The summed E-state index contributed by atoms with van der Waals surface area (Å²) in [4.78, 5) is 18.7. The molecule has 2 aromatic rings. The number of hydrogen-bond donors (Lipinski definition) is 1. The summed E-state index contributed by atoms with van der Waals surface area (Å²) in [7, 11) is 0. The normalized spacial score (nSPS) is 15.7. The van der Waals surface area contributed by atoms with E-state index in [1.54, 1.807) is 17.5 Å². The Morgan fingerprint density at radius 2 is 2.32 bits per heavy atom. The van der Waals surface area contributed by atoms with Gasteiger partial charge in [0.15, 0.2) is 0 Å². The van der Waals surface area contributed by atoms with Gasteiger partial charge in [-0.25, -0.2) is 0 Å². The number of carbonyl (C=O) groups is 1. The number of amides is 1. The van der Waals surface area contributed by atoms with Gasteiger partial charge < -0.3 is 5.32 Å². The molecule has 0 spiro atoms. The first-order valence-electron chi connectivity index (χ1n) is 6.26. The maximum absolute atomic E-state index is 12.0. The molecular formula is C15H14N2OS. The Morgan fingerprint density at radius 1 is 1.47 bits per heavy atom. The predicted molar refractivity (Wildman–Crippen MR) is 79.2 cm³/mol. The molecule has 0 fully saturated rings. The molecule has 3 heterocycles. The molecule has 1 amide bonds. The summed E-state index contributed by atoms with van der Waals surface area (Å²) in [5.41, 5.74) is 3.48. The summed E-state index contributed by atoms with van der Waals surface area (Å²) in [5.74, 6) is -0.0715. The second kappa shape index (κ2) is 4.63. The van der Waals surface area contributed by atoms with E-state index in [9.17, 15) is 4.79 Å². The molecular weight excluding hydrogens is 256 g/mol. The molecule has 0 saturated heterocycles. The maximum atomic E-state index is 12.0. The van der Waals surface area contributed by atoms with Crippen LogP contribution in [0.3, 0.4) is 0 Å². The number of aryl methyl sites for hydroxylation is 2. The van der Waals surface area contributed by atoms with Crippen molar-refractivity contribution in [3.8, 4) is 0 Å². The standard InChI is InChI=1S/C15H14N2OS/c1-3-13-9(2)7-10(19-13)8-11-14-12(17-15(11)18)5-4-6-16-14/h4-8H,3H2,1-2H3,(H,17,18). The summed E-state index contributed by atoms with van der Waals surface area (Å²) in [6.07, 6.45) is 4.68. The summed E-state index contributed by atoms with van der Waals surface area (Å²) in [6, 6.07) is 5.83. The molecule has 0 aromatic carbocycles. The summed E-state index contributed by atoms with van der Waals surface area (Å²) in [6.45, 7) is 4.26. The molecule has 3 nitrogen and oxygen atoms in total. The van der Waals surface area contributed by atoms with E-state index in [1.165, 1.54) is 10.4 Å². The zero-order valence-electron chi connectivity index (χ0n) is 10.9. The van der Waals surface area contributed by atoms with Gasteiger partial charge in [-0.3, -0.25) is 9.78 Å². The molecule has 1 aliphatic rings. The lowest BCUT2D eigenvalue weighted by molar-refractivity contribution is -0.110. The fraction of sp³-hybridized carbons (Fsp3) is 0.200. The number of pyridine rings is 1. The number of thiophene rings is 1. The number of fused-ring (bicyclic) bond motifs is 1. The van der Waals surface area contributed by atoms with Crippen LogP contribution in [0.4, 0.5) is 5.69 Å². The van der Waals surface area contributed by atoms with Gasteiger partial charge in [-0.1, -0.05) is 6.92 Å². The van der Waals surface area contributed by atoms with Gasteiger partial charge in [0, 0.05) is 16.0 Å². The van der Waals surface area contributed by atoms with E-state index in [-0.39, 0.29) is 5.91 Å².